The summed E-state index contributed by atoms with van der Waals surface area (Å²) in [6.07, 6.45) is 6.83. The molecule has 0 bridgehead atoms. The second kappa shape index (κ2) is 9.17. The van der Waals surface area contributed by atoms with Gasteiger partial charge in [0.15, 0.2) is 0 Å². The average molecular weight is 426 g/mol. The summed E-state index contributed by atoms with van der Waals surface area (Å²) in [6, 6.07) is 9.01. The molecule has 0 spiro atoms. The predicted molar refractivity (Wildman–Crippen MR) is 112 cm³/mol. The maximum Gasteiger partial charge on any atom is 0.272 e. The van der Waals surface area contributed by atoms with Crippen LogP contribution in [0.25, 0.3) is 0 Å². The largest absolute Gasteiger partial charge is 0.467 e. The minimum atomic E-state index is -0.248. The Balaban J connectivity index is 1.33. The van der Waals surface area contributed by atoms with E-state index in [-0.39, 0.29) is 17.7 Å². The van der Waals surface area contributed by atoms with Gasteiger partial charge in [0, 0.05) is 30.9 Å². The first-order valence-corrected chi connectivity index (χ1v) is 11.0. The zero-order chi connectivity index (χ0) is 20.9. The van der Waals surface area contributed by atoms with E-state index >= 15 is 0 Å². The molecule has 1 fully saturated rings. The second-order valence-electron chi connectivity index (χ2n) is 7.10. The zero-order valence-corrected chi connectivity index (χ0v) is 17.4. The number of thioether (sulfide) groups is 1. The lowest BCUT2D eigenvalue weighted by Crippen LogP contribution is -2.38. The van der Waals surface area contributed by atoms with Crippen LogP contribution in [0.1, 0.15) is 51.1 Å². The fourth-order valence-corrected chi connectivity index (χ4v) is 4.15. The van der Waals surface area contributed by atoms with Crippen LogP contribution >= 0.6 is 11.8 Å². The Morgan fingerprint density at radius 3 is 2.87 bits per heavy atom. The smallest absolute Gasteiger partial charge is 0.272 e. The third-order valence-corrected chi connectivity index (χ3v) is 5.96. The number of hydrogen-bond donors (Lipinski definition) is 2. The van der Waals surface area contributed by atoms with E-state index in [9.17, 15) is 9.59 Å². The van der Waals surface area contributed by atoms with Crippen LogP contribution in [0.4, 0.5) is 0 Å². The molecule has 1 saturated heterocycles. The first-order valence-electron chi connectivity index (χ1n) is 9.80. The van der Waals surface area contributed by atoms with Gasteiger partial charge in [-0.2, -0.15) is 5.10 Å². The third-order valence-electron chi connectivity index (χ3n) is 5.25. The summed E-state index contributed by atoms with van der Waals surface area (Å²) in [5, 5.41) is 10.7. The monoisotopic (exact) mass is 425 g/mol. The maximum absolute atomic E-state index is 12.9. The summed E-state index contributed by atoms with van der Waals surface area (Å²) < 4.78 is 5.22. The fourth-order valence-electron chi connectivity index (χ4n) is 3.61. The minimum Gasteiger partial charge on any atom is -0.467 e. The molecule has 9 heteroatoms. The van der Waals surface area contributed by atoms with Gasteiger partial charge in [-0.05, 0) is 49.4 Å². The minimum absolute atomic E-state index is 0.0218. The Kier molecular flexibility index (Phi) is 6.18. The van der Waals surface area contributed by atoms with Crippen LogP contribution in [0.2, 0.25) is 0 Å². The molecule has 0 aliphatic carbocycles. The summed E-state index contributed by atoms with van der Waals surface area (Å²) in [7, 11) is 0. The number of likely N-dealkylation sites (tertiary alicyclic amines) is 1. The first kappa shape index (κ1) is 20.2. The van der Waals surface area contributed by atoms with E-state index in [4.69, 9.17) is 4.42 Å². The molecule has 0 saturated carbocycles. The molecule has 8 nitrogen and oxygen atoms in total. The SMILES string of the molecule is CSc1ncccc1C(=O)N1CCC(c2cc(C(=O)NCc3ccco3)n[nH]2)CC1. The summed E-state index contributed by atoms with van der Waals surface area (Å²) in [5.74, 6) is 0.702. The molecule has 0 unspecified atom stereocenters. The Hall–Kier alpha value is -3.07. The van der Waals surface area contributed by atoms with Crippen molar-refractivity contribution in [1.82, 2.24) is 25.4 Å². The molecule has 2 amide bonds. The van der Waals surface area contributed by atoms with Crippen LogP contribution in [0, 0.1) is 0 Å². The number of nitrogens with one attached hydrogen (secondary N) is 2. The zero-order valence-electron chi connectivity index (χ0n) is 16.6. The van der Waals surface area contributed by atoms with Crippen molar-refractivity contribution in [3.8, 4) is 0 Å². The number of pyridine rings is 1. The quantitative estimate of drug-likeness (QED) is 0.588. The van der Waals surface area contributed by atoms with Gasteiger partial charge in [0.2, 0.25) is 0 Å². The molecular formula is C21H23N5O3S. The molecule has 156 valence electrons. The molecule has 2 N–H and O–H groups in total. The number of carbonyl (C=O) groups excluding carboxylic acids is 2. The van der Waals surface area contributed by atoms with Gasteiger partial charge in [0.25, 0.3) is 11.8 Å². The Morgan fingerprint density at radius 1 is 1.30 bits per heavy atom. The molecular weight excluding hydrogens is 402 g/mol. The van der Waals surface area contributed by atoms with Crippen molar-refractivity contribution in [2.75, 3.05) is 19.3 Å². The van der Waals surface area contributed by atoms with Gasteiger partial charge in [0.1, 0.15) is 16.5 Å². The summed E-state index contributed by atoms with van der Waals surface area (Å²) in [6.45, 7) is 1.64. The summed E-state index contributed by atoms with van der Waals surface area (Å²) in [4.78, 5) is 31.3. The molecule has 1 aliphatic rings. The molecule has 0 atom stereocenters. The molecule has 4 heterocycles. The van der Waals surface area contributed by atoms with Crippen molar-refractivity contribution in [1.29, 1.82) is 0 Å². The van der Waals surface area contributed by atoms with Crippen molar-refractivity contribution >= 4 is 23.6 Å². The van der Waals surface area contributed by atoms with Crippen molar-refractivity contribution in [3.63, 3.8) is 0 Å². The normalized spacial score (nSPS) is 14.6. The highest BCUT2D eigenvalue weighted by molar-refractivity contribution is 7.98. The predicted octanol–water partition coefficient (Wildman–Crippen LogP) is 3.07. The number of furan rings is 1. The molecule has 1 aliphatic heterocycles. The topological polar surface area (TPSA) is 104 Å². The van der Waals surface area contributed by atoms with Gasteiger partial charge in [-0.15, -0.1) is 11.8 Å². The molecule has 3 aromatic heterocycles. The van der Waals surface area contributed by atoms with Crippen LogP contribution in [0.5, 0.6) is 0 Å². The Bertz CT molecular complexity index is 1010. The van der Waals surface area contributed by atoms with E-state index in [0.29, 0.717) is 36.7 Å². The van der Waals surface area contributed by atoms with Crippen molar-refractivity contribution in [2.45, 2.75) is 30.3 Å². The highest BCUT2D eigenvalue weighted by Gasteiger charge is 2.27. The molecule has 0 radical (unpaired) electrons. The first-order chi connectivity index (χ1) is 14.7. The van der Waals surface area contributed by atoms with Crippen LogP contribution < -0.4 is 5.32 Å². The number of hydrogen-bond acceptors (Lipinski definition) is 6. The van der Waals surface area contributed by atoms with Crippen LogP contribution in [-0.4, -0.2) is 51.2 Å². The van der Waals surface area contributed by atoms with Gasteiger partial charge >= 0.3 is 0 Å². The number of rotatable bonds is 6. The van der Waals surface area contributed by atoms with E-state index < -0.39 is 0 Å². The highest BCUT2D eigenvalue weighted by atomic mass is 32.2. The van der Waals surface area contributed by atoms with Gasteiger partial charge in [-0.3, -0.25) is 14.7 Å². The lowest BCUT2D eigenvalue weighted by Gasteiger charge is -2.31. The Morgan fingerprint density at radius 2 is 2.13 bits per heavy atom. The van der Waals surface area contributed by atoms with Crippen molar-refractivity contribution in [3.05, 3.63) is 65.5 Å². The maximum atomic E-state index is 12.9. The van der Waals surface area contributed by atoms with Gasteiger partial charge in [-0.25, -0.2) is 4.98 Å². The van der Waals surface area contributed by atoms with Gasteiger partial charge < -0.3 is 14.6 Å². The Labute approximate surface area is 178 Å². The van der Waals surface area contributed by atoms with E-state index in [0.717, 1.165) is 23.6 Å². The number of H-pyrrole nitrogens is 1. The fraction of sp³-hybridized carbons (Fsp3) is 0.333. The van der Waals surface area contributed by atoms with Gasteiger partial charge in [-0.1, -0.05) is 0 Å². The van der Waals surface area contributed by atoms with Crippen molar-refractivity contribution in [2.24, 2.45) is 0 Å². The van der Waals surface area contributed by atoms with Crippen LogP contribution in [0.3, 0.4) is 0 Å². The number of aromatic amines is 1. The van der Waals surface area contributed by atoms with E-state index in [1.807, 2.05) is 17.2 Å². The summed E-state index contributed by atoms with van der Waals surface area (Å²) in [5.41, 5.74) is 1.94. The number of nitrogens with zero attached hydrogens (tertiary/aromatic N) is 3. The van der Waals surface area contributed by atoms with Crippen LogP contribution in [-0.2, 0) is 6.54 Å². The van der Waals surface area contributed by atoms with E-state index in [1.54, 1.807) is 36.7 Å². The lowest BCUT2D eigenvalue weighted by atomic mass is 9.93. The summed E-state index contributed by atoms with van der Waals surface area (Å²) >= 11 is 1.48. The highest BCUT2D eigenvalue weighted by Crippen LogP contribution is 2.29. The molecule has 30 heavy (non-hydrogen) atoms. The average Bonchev–Trinajstić information content (AvgIpc) is 3.49. The third kappa shape index (κ3) is 4.40. The number of aromatic nitrogens is 3. The standard InChI is InChI=1S/C21H23N5O3S/c1-30-20-16(5-2-8-22-20)21(28)26-9-6-14(7-10-26)17-12-18(25-24-17)19(27)23-13-15-4-3-11-29-15/h2-5,8,11-12,14H,6-7,9-10,13H2,1H3,(H,23,27)(H,24,25). The number of amides is 2. The molecule has 4 rings (SSSR count). The number of piperidine rings is 1. The second-order valence-corrected chi connectivity index (χ2v) is 7.89. The molecule has 0 aromatic carbocycles. The number of carbonyl (C=O) groups is 2. The van der Waals surface area contributed by atoms with E-state index in [2.05, 4.69) is 20.5 Å². The van der Waals surface area contributed by atoms with Crippen molar-refractivity contribution < 1.29 is 14.0 Å². The van der Waals surface area contributed by atoms with E-state index in [1.165, 1.54) is 11.8 Å². The molecule has 3 aromatic rings. The van der Waals surface area contributed by atoms with Crippen LogP contribution in [0.15, 0.2) is 52.2 Å². The lowest BCUT2D eigenvalue weighted by molar-refractivity contribution is 0.0707. The van der Waals surface area contributed by atoms with Gasteiger partial charge in [0.05, 0.1) is 18.4 Å².